The summed E-state index contributed by atoms with van der Waals surface area (Å²) in [5.74, 6) is 0. The van der Waals surface area contributed by atoms with Crippen molar-refractivity contribution in [3.8, 4) is 0 Å². The lowest BCUT2D eigenvalue weighted by atomic mass is 10.3. The van der Waals surface area contributed by atoms with Gasteiger partial charge in [0, 0.05) is 12.7 Å². The van der Waals surface area contributed by atoms with Crippen LogP contribution in [0.3, 0.4) is 0 Å². The first-order chi connectivity index (χ1) is 8.88. The first-order valence-corrected chi connectivity index (χ1v) is 6.79. The minimum Gasteiger partial charge on any atom is -0.394 e. The summed E-state index contributed by atoms with van der Waals surface area (Å²) in [5, 5.41) is 20.3. The first-order valence-electron chi connectivity index (χ1n) is 5.84. The molecule has 2 aromatic rings. The van der Waals surface area contributed by atoms with Crippen molar-refractivity contribution in [3.63, 3.8) is 0 Å². The zero-order chi connectivity index (χ0) is 12.6. The van der Waals surface area contributed by atoms with Crippen molar-refractivity contribution in [1.82, 2.24) is 9.78 Å². The van der Waals surface area contributed by atoms with Gasteiger partial charge in [0.05, 0.1) is 38.2 Å². The SMILES string of the molecule is OCCOCCn1cc(NCc2ccsc2)cn1. The minimum absolute atomic E-state index is 0.0621. The van der Waals surface area contributed by atoms with Crippen LogP contribution in [-0.2, 0) is 17.8 Å². The number of aliphatic hydroxyl groups excluding tert-OH is 1. The third-order valence-corrected chi connectivity index (χ3v) is 3.14. The van der Waals surface area contributed by atoms with E-state index in [9.17, 15) is 0 Å². The molecule has 0 atom stereocenters. The highest BCUT2D eigenvalue weighted by Crippen LogP contribution is 2.10. The van der Waals surface area contributed by atoms with Gasteiger partial charge in [-0.25, -0.2) is 0 Å². The number of nitrogens with one attached hydrogen (secondary N) is 1. The van der Waals surface area contributed by atoms with E-state index in [2.05, 4.69) is 27.2 Å². The molecule has 0 saturated carbocycles. The van der Waals surface area contributed by atoms with E-state index in [1.807, 2.05) is 10.9 Å². The van der Waals surface area contributed by atoms with Crippen molar-refractivity contribution in [2.75, 3.05) is 25.1 Å². The summed E-state index contributed by atoms with van der Waals surface area (Å²) in [4.78, 5) is 0. The number of thiophene rings is 1. The molecule has 0 aliphatic rings. The molecule has 6 heteroatoms. The van der Waals surface area contributed by atoms with Gasteiger partial charge in [0.1, 0.15) is 0 Å². The number of ether oxygens (including phenoxy) is 1. The lowest BCUT2D eigenvalue weighted by Gasteiger charge is -2.02. The van der Waals surface area contributed by atoms with Crippen LogP contribution in [0.4, 0.5) is 5.69 Å². The van der Waals surface area contributed by atoms with E-state index in [0.717, 1.165) is 12.2 Å². The largest absolute Gasteiger partial charge is 0.394 e. The Morgan fingerprint density at radius 1 is 1.44 bits per heavy atom. The maximum absolute atomic E-state index is 8.57. The van der Waals surface area contributed by atoms with Gasteiger partial charge < -0.3 is 15.2 Å². The zero-order valence-electron chi connectivity index (χ0n) is 10.1. The number of nitrogens with zero attached hydrogens (tertiary/aromatic N) is 2. The summed E-state index contributed by atoms with van der Waals surface area (Å²) in [6.07, 6.45) is 3.76. The molecule has 5 nitrogen and oxygen atoms in total. The quantitative estimate of drug-likeness (QED) is 0.713. The normalized spacial score (nSPS) is 10.7. The minimum atomic E-state index is 0.0621. The molecule has 0 unspecified atom stereocenters. The molecular formula is C12H17N3O2S. The van der Waals surface area contributed by atoms with Crippen LogP contribution in [0.1, 0.15) is 5.56 Å². The summed E-state index contributed by atoms with van der Waals surface area (Å²) < 4.78 is 7.01. The van der Waals surface area contributed by atoms with Crippen molar-refractivity contribution in [1.29, 1.82) is 0 Å². The third-order valence-electron chi connectivity index (χ3n) is 2.41. The highest BCUT2D eigenvalue weighted by atomic mass is 32.1. The molecule has 0 aliphatic heterocycles. The van der Waals surface area contributed by atoms with Crippen molar-refractivity contribution in [2.45, 2.75) is 13.1 Å². The highest BCUT2D eigenvalue weighted by Gasteiger charge is 1.99. The Morgan fingerprint density at radius 2 is 2.39 bits per heavy atom. The second-order valence-electron chi connectivity index (χ2n) is 3.81. The van der Waals surface area contributed by atoms with E-state index in [0.29, 0.717) is 19.8 Å². The Labute approximate surface area is 110 Å². The van der Waals surface area contributed by atoms with Gasteiger partial charge in [-0.2, -0.15) is 16.4 Å². The molecule has 0 amide bonds. The molecule has 0 aromatic carbocycles. The Balaban J connectivity index is 1.72. The topological polar surface area (TPSA) is 59.3 Å². The van der Waals surface area contributed by atoms with Gasteiger partial charge in [-0.05, 0) is 22.4 Å². The molecule has 2 aromatic heterocycles. The lowest BCUT2D eigenvalue weighted by molar-refractivity contribution is 0.0854. The average Bonchev–Trinajstić information content (AvgIpc) is 3.03. The Bertz CT molecular complexity index is 442. The van der Waals surface area contributed by atoms with E-state index in [-0.39, 0.29) is 6.61 Å². The molecule has 2 rings (SSSR count). The lowest BCUT2D eigenvalue weighted by Crippen LogP contribution is -2.08. The summed E-state index contributed by atoms with van der Waals surface area (Å²) >= 11 is 1.70. The molecule has 2 N–H and O–H groups in total. The van der Waals surface area contributed by atoms with Gasteiger partial charge >= 0.3 is 0 Å². The molecule has 18 heavy (non-hydrogen) atoms. The highest BCUT2D eigenvalue weighted by molar-refractivity contribution is 7.07. The van der Waals surface area contributed by atoms with Crippen molar-refractivity contribution in [3.05, 3.63) is 34.8 Å². The summed E-state index contributed by atoms with van der Waals surface area (Å²) in [6, 6.07) is 2.10. The van der Waals surface area contributed by atoms with E-state index in [1.165, 1.54) is 5.56 Å². The molecule has 0 aliphatic carbocycles. The Morgan fingerprint density at radius 3 is 3.17 bits per heavy atom. The van der Waals surface area contributed by atoms with Gasteiger partial charge in [0.2, 0.25) is 0 Å². The summed E-state index contributed by atoms with van der Waals surface area (Å²) in [7, 11) is 0. The number of hydrogen-bond acceptors (Lipinski definition) is 5. The summed E-state index contributed by atoms with van der Waals surface area (Å²) in [6.45, 7) is 2.51. The van der Waals surface area contributed by atoms with Crippen LogP contribution in [-0.4, -0.2) is 34.7 Å². The third kappa shape index (κ3) is 4.14. The standard InChI is InChI=1S/C12H17N3O2S/c16-3-5-17-4-2-15-9-12(8-14-15)13-7-11-1-6-18-10-11/h1,6,8-10,13,16H,2-5,7H2. The van der Waals surface area contributed by atoms with Gasteiger partial charge in [-0.3, -0.25) is 4.68 Å². The number of anilines is 1. The van der Waals surface area contributed by atoms with Crippen LogP contribution in [0, 0.1) is 0 Å². The van der Waals surface area contributed by atoms with Crippen LogP contribution in [0.15, 0.2) is 29.2 Å². The van der Waals surface area contributed by atoms with Gasteiger partial charge in [-0.15, -0.1) is 0 Å². The fraction of sp³-hybridized carbons (Fsp3) is 0.417. The van der Waals surface area contributed by atoms with Gasteiger partial charge in [-0.1, -0.05) is 0 Å². The second-order valence-corrected chi connectivity index (χ2v) is 4.59. The second kappa shape index (κ2) is 7.15. The fourth-order valence-corrected chi connectivity index (χ4v) is 2.17. The molecule has 0 spiro atoms. The smallest absolute Gasteiger partial charge is 0.0729 e. The molecule has 2 heterocycles. The van der Waals surface area contributed by atoms with Crippen LogP contribution in [0.5, 0.6) is 0 Å². The van der Waals surface area contributed by atoms with E-state index in [1.54, 1.807) is 17.5 Å². The van der Waals surface area contributed by atoms with Crippen LogP contribution in [0.25, 0.3) is 0 Å². The zero-order valence-corrected chi connectivity index (χ0v) is 10.9. The monoisotopic (exact) mass is 267 g/mol. The van der Waals surface area contributed by atoms with Crippen LogP contribution < -0.4 is 5.32 Å². The van der Waals surface area contributed by atoms with Crippen molar-refractivity contribution < 1.29 is 9.84 Å². The molecule has 0 fully saturated rings. The predicted octanol–water partition coefficient (Wildman–Crippen LogP) is 1.57. The van der Waals surface area contributed by atoms with Crippen molar-refractivity contribution in [2.24, 2.45) is 0 Å². The Hall–Kier alpha value is -1.37. The summed E-state index contributed by atoms with van der Waals surface area (Å²) in [5.41, 5.74) is 2.28. The van der Waals surface area contributed by atoms with E-state index >= 15 is 0 Å². The number of aromatic nitrogens is 2. The van der Waals surface area contributed by atoms with E-state index in [4.69, 9.17) is 9.84 Å². The van der Waals surface area contributed by atoms with Gasteiger partial charge in [0.25, 0.3) is 0 Å². The van der Waals surface area contributed by atoms with Crippen molar-refractivity contribution >= 4 is 17.0 Å². The van der Waals surface area contributed by atoms with Crippen LogP contribution in [0.2, 0.25) is 0 Å². The molecule has 98 valence electrons. The first kappa shape index (κ1) is 13.1. The number of rotatable bonds is 8. The fourth-order valence-electron chi connectivity index (χ4n) is 1.50. The molecule has 0 saturated heterocycles. The number of hydrogen-bond donors (Lipinski definition) is 2. The molecule has 0 bridgehead atoms. The predicted molar refractivity (Wildman–Crippen MR) is 71.8 cm³/mol. The van der Waals surface area contributed by atoms with E-state index < -0.39 is 0 Å². The maximum atomic E-state index is 8.57. The maximum Gasteiger partial charge on any atom is 0.0729 e. The molecule has 0 radical (unpaired) electrons. The molecular weight excluding hydrogens is 250 g/mol. The van der Waals surface area contributed by atoms with Gasteiger partial charge in [0.15, 0.2) is 0 Å². The van der Waals surface area contributed by atoms with Crippen LogP contribution >= 0.6 is 11.3 Å². The average molecular weight is 267 g/mol. The number of aliphatic hydroxyl groups is 1. The Kier molecular flexibility index (Phi) is 5.19.